The zero-order chi connectivity index (χ0) is 19.8. The lowest BCUT2D eigenvalue weighted by Gasteiger charge is -2.10. The van der Waals surface area contributed by atoms with Crippen molar-refractivity contribution in [2.24, 2.45) is 0 Å². The number of likely N-dealkylation sites (N-methyl/N-ethyl adjacent to an activating group) is 1. The summed E-state index contributed by atoms with van der Waals surface area (Å²) in [6, 6.07) is 9.49. The van der Waals surface area contributed by atoms with Gasteiger partial charge in [-0.25, -0.2) is 4.98 Å². The summed E-state index contributed by atoms with van der Waals surface area (Å²) >= 11 is 1.53. The summed E-state index contributed by atoms with van der Waals surface area (Å²) in [4.78, 5) is 12.1. The van der Waals surface area contributed by atoms with E-state index in [1.54, 1.807) is 7.11 Å². The van der Waals surface area contributed by atoms with E-state index >= 15 is 0 Å². The summed E-state index contributed by atoms with van der Waals surface area (Å²) in [5.41, 5.74) is 2.21. The molecular weight excluding hydrogens is 374 g/mol. The minimum absolute atomic E-state index is 0.399. The molecule has 6 nitrogen and oxygen atoms in total. The Labute approximate surface area is 169 Å². The quantitative estimate of drug-likeness (QED) is 0.430. The Morgan fingerprint density at radius 2 is 1.82 bits per heavy atom. The Kier molecular flexibility index (Phi) is 7.20. The van der Waals surface area contributed by atoms with E-state index in [1.165, 1.54) is 11.3 Å². The summed E-state index contributed by atoms with van der Waals surface area (Å²) in [5, 5.41) is 1.96. The Morgan fingerprint density at radius 3 is 2.57 bits per heavy atom. The molecule has 7 heteroatoms. The van der Waals surface area contributed by atoms with Gasteiger partial charge >= 0.3 is 0 Å². The predicted octanol–water partition coefficient (Wildman–Crippen LogP) is 3.06. The van der Waals surface area contributed by atoms with Gasteiger partial charge in [0.15, 0.2) is 5.69 Å². The van der Waals surface area contributed by atoms with Gasteiger partial charge < -0.3 is 19.1 Å². The Morgan fingerprint density at radius 1 is 1.00 bits per heavy atom. The number of hydrogen-bond acceptors (Lipinski definition) is 7. The van der Waals surface area contributed by atoms with Crippen LogP contribution in [0.25, 0.3) is 10.3 Å². The second-order valence-corrected chi connectivity index (χ2v) is 7.13. The van der Waals surface area contributed by atoms with Crippen LogP contribution in [-0.2, 0) is 4.74 Å². The molecule has 28 heavy (non-hydrogen) atoms. The van der Waals surface area contributed by atoms with Crippen LogP contribution < -0.4 is 9.47 Å². The van der Waals surface area contributed by atoms with Crippen LogP contribution in [0.4, 0.5) is 0 Å². The number of aromatic nitrogens is 2. The predicted molar refractivity (Wildman–Crippen MR) is 111 cm³/mol. The Bertz CT molecular complexity index is 958. The van der Waals surface area contributed by atoms with Crippen molar-refractivity contribution in [3.05, 3.63) is 47.0 Å². The highest BCUT2D eigenvalue weighted by atomic mass is 32.1. The van der Waals surface area contributed by atoms with Crippen molar-refractivity contribution in [2.45, 2.75) is 0 Å². The molecule has 2 heterocycles. The van der Waals surface area contributed by atoms with Crippen LogP contribution in [0.5, 0.6) is 11.6 Å². The zero-order valence-electron chi connectivity index (χ0n) is 16.3. The molecule has 0 aliphatic carbocycles. The van der Waals surface area contributed by atoms with E-state index in [2.05, 4.69) is 26.7 Å². The third-order valence-electron chi connectivity index (χ3n) is 3.83. The number of ether oxygens (including phenoxy) is 3. The van der Waals surface area contributed by atoms with Crippen molar-refractivity contribution in [1.82, 2.24) is 14.9 Å². The Hall–Kier alpha value is -2.66. The average molecular weight is 398 g/mol. The first-order chi connectivity index (χ1) is 13.7. The maximum absolute atomic E-state index is 5.82. The van der Waals surface area contributed by atoms with Crippen LogP contribution in [0.2, 0.25) is 0 Å². The Balaban J connectivity index is 1.71. The van der Waals surface area contributed by atoms with Gasteiger partial charge in [-0.2, -0.15) is 4.98 Å². The van der Waals surface area contributed by atoms with Crippen LogP contribution in [0, 0.1) is 11.8 Å². The van der Waals surface area contributed by atoms with E-state index in [4.69, 9.17) is 14.2 Å². The molecule has 1 aromatic carbocycles. The molecule has 0 saturated carbocycles. The molecule has 0 spiro atoms. The van der Waals surface area contributed by atoms with Crippen LogP contribution in [0.3, 0.4) is 0 Å². The van der Waals surface area contributed by atoms with E-state index < -0.39 is 0 Å². The maximum atomic E-state index is 5.82. The lowest BCUT2D eigenvalue weighted by molar-refractivity contribution is 0.0875. The monoisotopic (exact) mass is 397 g/mol. The molecule has 3 rings (SSSR count). The lowest BCUT2D eigenvalue weighted by Crippen LogP contribution is -2.19. The molecule has 0 aliphatic heterocycles. The highest BCUT2D eigenvalue weighted by Crippen LogP contribution is 2.22. The van der Waals surface area contributed by atoms with Crippen LogP contribution >= 0.6 is 11.3 Å². The SMILES string of the molecule is COc1ccc(C#Cc2nc3ccsc3nc2OCCOCCN(C)C)cc1. The molecule has 0 radical (unpaired) electrons. The number of rotatable bonds is 8. The first-order valence-corrected chi connectivity index (χ1v) is 9.80. The lowest BCUT2D eigenvalue weighted by atomic mass is 10.2. The van der Waals surface area contributed by atoms with E-state index in [0.29, 0.717) is 31.4 Å². The summed E-state index contributed by atoms with van der Waals surface area (Å²) < 4.78 is 16.6. The summed E-state index contributed by atoms with van der Waals surface area (Å²) in [7, 11) is 5.67. The molecule has 0 atom stereocenters. The van der Waals surface area contributed by atoms with Gasteiger partial charge in [0.2, 0.25) is 5.88 Å². The normalized spacial score (nSPS) is 10.7. The molecule has 146 valence electrons. The number of benzene rings is 1. The van der Waals surface area contributed by atoms with Gasteiger partial charge in [-0.05, 0) is 55.7 Å². The van der Waals surface area contributed by atoms with Gasteiger partial charge in [0.1, 0.15) is 22.7 Å². The van der Waals surface area contributed by atoms with Crippen molar-refractivity contribution >= 4 is 21.7 Å². The molecule has 0 bridgehead atoms. The average Bonchev–Trinajstić information content (AvgIpc) is 3.16. The van der Waals surface area contributed by atoms with Crippen molar-refractivity contribution in [3.8, 4) is 23.5 Å². The molecule has 0 aliphatic rings. The number of hydrogen-bond donors (Lipinski definition) is 0. The molecule has 0 fully saturated rings. The minimum Gasteiger partial charge on any atom is -0.497 e. The summed E-state index contributed by atoms with van der Waals surface area (Å²) in [6.07, 6.45) is 0. The van der Waals surface area contributed by atoms with Crippen LogP contribution in [0.15, 0.2) is 35.7 Å². The van der Waals surface area contributed by atoms with E-state index in [0.717, 1.165) is 28.2 Å². The highest BCUT2D eigenvalue weighted by Gasteiger charge is 2.09. The van der Waals surface area contributed by atoms with Gasteiger partial charge in [0.25, 0.3) is 0 Å². The van der Waals surface area contributed by atoms with E-state index in [-0.39, 0.29) is 0 Å². The molecule has 0 N–H and O–H groups in total. The fraction of sp³-hybridized carbons (Fsp3) is 0.333. The third kappa shape index (κ3) is 5.67. The van der Waals surface area contributed by atoms with Crippen LogP contribution in [-0.4, -0.2) is 62.4 Å². The van der Waals surface area contributed by atoms with E-state index in [1.807, 2.05) is 49.8 Å². The first-order valence-electron chi connectivity index (χ1n) is 8.92. The topological polar surface area (TPSA) is 56.7 Å². The fourth-order valence-corrected chi connectivity index (χ4v) is 3.01. The van der Waals surface area contributed by atoms with E-state index in [9.17, 15) is 0 Å². The highest BCUT2D eigenvalue weighted by molar-refractivity contribution is 7.16. The van der Waals surface area contributed by atoms with Gasteiger partial charge in [0, 0.05) is 12.1 Å². The zero-order valence-corrected chi connectivity index (χ0v) is 17.1. The van der Waals surface area contributed by atoms with Gasteiger partial charge in [-0.3, -0.25) is 0 Å². The third-order valence-corrected chi connectivity index (χ3v) is 4.62. The minimum atomic E-state index is 0.399. The molecule has 0 amide bonds. The smallest absolute Gasteiger partial charge is 0.250 e. The molecule has 3 aromatic rings. The number of methoxy groups -OCH3 is 1. The van der Waals surface area contributed by atoms with Crippen molar-refractivity contribution in [1.29, 1.82) is 0 Å². The molecule has 0 saturated heterocycles. The standard InChI is InChI=1S/C21H23N3O3S/c1-24(2)11-12-26-13-14-27-20-18(22-19-10-15-28-21(19)23-20)9-6-16-4-7-17(25-3)8-5-16/h4-5,7-8,10,15H,11-14H2,1-3H3. The molecule has 2 aromatic heterocycles. The van der Waals surface area contributed by atoms with Crippen molar-refractivity contribution in [3.63, 3.8) is 0 Å². The number of fused-ring (bicyclic) bond motifs is 1. The van der Waals surface area contributed by atoms with Gasteiger partial charge in [-0.15, -0.1) is 11.3 Å². The second-order valence-electron chi connectivity index (χ2n) is 6.23. The molecular formula is C21H23N3O3S. The second kappa shape index (κ2) is 10.0. The first kappa shape index (κ1) is 20.1. The maximum Gasteiger partial charge on any atom is 0.250 e. The summed E-state index contributed by atoms with van der Waals surface area (Å²) in [6.45, 7) is 2.43. The van der Waals surface area contributed by atoms with Crippen LogP contribution in [0.1, 0.15) is 11.3 Å². The molecule has 0 unspecified atom stereocenters. The summed E-state index contributed by atoms with van der Waals surface area (Å²) in [5.74, 6) is 7.43. The number of thiophene rings is 1. The number of nitrogens with zero attached hydrogens (tertiary/aromatic N) is 3. The largest absolute Gasteiger partial charge is 0.497 e. The van der Waals surface area contributed by atoms with Gasteiger partial charge in [-0.1, -0.05) is 5.92 Å². The van der Waals surface area contributed by atoms with Crippen molar-refractivity contribution < 1.29 is 14.2 Å². The fourth-order valence-electron chi connectivity index (χ4n) is 2.31. The van der Waals surface area contributed by atoms with Crippen molar-refractivity contribution in [2.75, 3.05) is 47.6 Å². The van der Waals surface area contributed by atoms with Gasteiger partial charge in [0.05, 0.1) is 20.3 Å².